The highest BCUT2D eigenvalue weighted by molar-refractivity contribution is 7.09. The molecule has 1 saturated heterocycles. The largest absolute Gasteiger partial charge is 0.394 e. The van der Waals surface area contributed by atoms with Crippen LogP contribution >= 0.6 is 11.5 Å². The molecule has 102 valence electrons. The van der Waals surface area contributed by atoms with E-state index in [1.54, 1.807) is 0 Å². The highest BCUT2D eigenvalue weighted by atomic mass is 32.1. The molecule has 1 aromatic rings. The Labute approximate surface area is 112 Å². The Morgan fingerprint density at radius 2 is 2.06 bits per heavy atom. The summed E-state index contributed by atoms with van der Waals surface area (Å²) < 4.78 is 9.71. The van der Waals surface area contributed by atoms with Crippen LogP contribution in [-0.4, -0.2) is 39.8 Å². The van der Waals surface area contributed by atoms with E-state index in [1.165, 1.54) is 11.5 Å². The van der Waals surface area contributed by atoms with Crippen LogP contribution in [0.5, 0.6) is 0 Å². The van der Waals surface area contributed by atoms with E-state index in [0.29, 0.717) is 13.2 Å². The van der Waals surface area contributed by atoms with E-state index in [-0.39, 0.29) is 17.6 Å². The van der Waals surface area contributed by atoms with Crippen molar-refractivity contribution >= 4 is 16.7 Å². The van der Waals surface area contributed by atoms with Gasteiger partial charge in [-0.25, -0.2) is 4.98 Å². The van der Waals surface area contributed by atoms with Gasteiger partial charge in [0.15, 0.2) is 0 Å². The van der Waals surface area contributed by atoms with Crippen molar-refractivity contribution in [1.29, 1.82) is 0 Å². The highest BCUT2D eigenvalue weighted by Crippen LogP contribution is 2.28. The summed E-state index contributed by atoms with van der Waals surface area (Å²) in [5.74, 6) is 0.843. The molecular weight excluding hydrogens is 250 g/mol. The van der Waals surface area contributed by atoms with Gasteiger partial charge in [-0.05, 0) is 12.8 Å². The first-order valence-corrected chi connectivity index (χ1v) is 7.04. The second-order valence-corrected chi connectivity index (χ2v) is 6.60. The van der Waals surface area contributed by atoms with Gasteiger partial charge in [0.25, 0.3) is 0 Å². The molecule has 0 radical (unpaired) electrons. The monoisotopic (exact) mass is 271 g/mol. The van der Waals surface area contributed by atoms with Gasteiger partial charge in [0.2, 0.25) is 5.13 Å². The number of nitrogens with zero attached hydrogens (tertiary/aromatic N) is 2. The zero-order valence-electron chi connectivity index (χ0n) is 11.2. The van der Waals surface area contributed by atoms with Crippen molar-refractivity contribution in [3.05, 3.63) is 5.82 Å². The summed E-state index contributed by atoms with van der Waals surface area (Å²) in [6, 6.07) is 0. The number of aliphatic hydroxyl groups excluding tert-OH is 1. The van der Waals surface area contributed by atoms with Crippen molar-refractivity contribution in [2.75, 3.05) is 25.1 Å². The number of anilines is 1. The molecule has 1 aromatic heterocycles. The van der Waals surface area contributed by atoms with E-state index in [1.807, 2.05) is 0 Å². The first-order valence-electron chi connectivity index (χ1n) is 6.26. The summed E-state index contributed by atoms with van der Waals surface area (Å²) in [7, 11) is 0. The van der Waals surface area contributed by atoms with E-state index in [0.717, 1.165) is 23.8 Å². The topological polar surface area (TPSA) is 67.3 Å². The predicted octanol–water partition coefficient (Wildman–Crippen LogP) is 1.79. The second-order valence-electron chi connectivity index (χ2n) is 5.85. The summed E-state index contributed by atoms with van der Waals surface area (Å²) in [5, 5.41) is 13.7. The van der Waals surface area contributed by atoms with Gasteiger partial charge in [-0.3, -0.25) is 0 Å². The minimum atomic E-state index is -0.299. The summed E-state index contributed by atoms with van der Waals surface area (Å²) >= 11 is 1.36. The highest BCUT2D eigenvalue weighted by Gasteiger charge is 2.33. The van der Waals surface area contributed by atoms with Crippen LogP contribution in [0.25, 0.3) is 0 Å². The smallest absolute Gasteiger partial charge is 0.203 e. The van der Waals surface area contributed by atoms with Crippen molar-refractivity contribution in [2.24, 2.45) is 0 Å². The van der Waals surface area contributed by atoms with Crippen molar-refractivity contribution < 1.29 is 9.84 Å². The summed E-state index contributed by atoms with van der Waals surface area (Å²) in [5.41, 5.74) is -0.342. The number of nitrogens with one attached hydrogen (secondary N) is 1. The van der Waals surface area contributed by atoms with Crippen LogP contribution in [0.3, 0.4) is 0 Å². The zero-order chi connectivity index (χ0) is 13.2. The molecule has 2 rings (SSSR count). The Morgan fingerprint density at radius 3 is 2.56 bits per heavy atom. The maximum Gasteiger partial charge on any atom is 0.203 e. The Bertz CT molecular complexity index is 394. The van der Waals surface area contributed by atoms with Crippen LogP contribution in [0.1, 0.15) is 39.4 Å². The number of ether oxygens (including phenoxy) is 1. The number of aromatic nitrogens is 2. The molecule has 5 nitrogen and oxygen atoms in total. The summed E-state index contributed by atoms with van der Waals surface area (Å²) in [4.78, 5) is 4.51. The van der Waals surface area contributed by atoms with Gasteiger partial charge in [0.05, 0.1) is 12.1 Å². The fourth-order valence-corrected chi connectivity index (χ4v) is 2.77. The maximum atomic E-state index is 9.61. The molecule has 0 atom stereocenters. The van der Waals surface area contributed by atoms with E-state index in [4.69, 9.17) is 4.74 Å². The SMILES string of the molecule is CC(C)(C)c1nsc(NC2(CO)CCOCC2)n1. The van der Waals surface area contributed by atoms with Crippen LogP contribution in [0, 0.1) is 0 Å². The molecule has 0 aromatic carbocycles. The average molecular weight is 271 g/mol. The molecule has 1 fully saturated rings. The lowest BCUT2D eigenvalue weighted by Gasteiger charge is -2.36. The molecule has 0 aliphatic carbocycles. The lowest BCUT2D eigenvalue weighted by Crippen LogP contribution is -2.46. The standard InChI is InChI=1S/C12H21N3O2S/c1-11(2,3)9-13-10(18-15-9)14-12(8-16)4-6-17-7-5-12/h16H,4-8H2,1-3H3,(H,13,14,15). The van der Waals surface area contributed by atoms with Gasteiger partial charge < -0.3 is 15.2 Å². The Kier molecular flexibility index (Phi) is 3.89. The zero-order valence-corrected chi connectivity index (χ0v) is 12.0. The third-order valence-electron chi connectivity index (χ3n) is 3.22. The minimum Gasteiger partial charge on any atom is -0.394 e. The lowest BCUT2D eigenvalue weighted by molar-refractivity contribution is 0.0380. The number of hydrogen-bond donors (Lipinski definition) is 2. The van der Waals surface area contributed by atoms with E-state index < -0.39 is 0 Å². The minimum absolute atomic E-state index is 0.0432. The Morgan fingerprint density at radius 1 is 1.39 bits per heavy atom. The normalized spacial score (nSPS) is 19.8. The van der Waals surface area contributed by atoms with E-state index in [9.17, 15) is 5.11 Å². The Hall–Kier alpha value is -0.720. The van der Waals surface area contributed by atoms with Gasteiger partial charge in [0.1, 0.15) is 5.82 Å². The molecule has 2 heterocycles. The van der Waals surface area contributed by atoms with Crippen LogP contribution in [0.2, 0.25) is 0 Å². The molecule has 1 aliphatic heterocycles. The Balaban J connectivity index is 2.10. The molecule has 0 spiro atoms. The van der Waals surface area contributed by atoms with Gasteiger partial charge in [-0.2, -0.15) is 4.37 Å². The quantitative estimate of drug-likeness (QED) is 0.877. The van der Waals surface area contributed by atoms with Crippen molar-refractivity contribution in [3.63, 3.8) is 0 Å². The molecule has 6 heteroatoms. The van der Waals surface area contributed by atoms with Gasteiger partial charge in [0, 0.05) is 30.2 Å². The third-order valence-corrected chi connectivity index (χ3v) is 3.85. The predicted molar refractivity (Wildman–Crippen MR) is 72.1 cm³/mol. The summed E-state index contributed by atoms with van der Waals surface area (Å²) in [6.45, 7) is 7.73. The van der Waals surface area contributed by atoms with Gasteiger partial charge >= 0.3 is 0 Å². The van der Waals surface area contributed by atoms with Crippen LogP contribution in [-0.2, 0) is 10.2 Å². The number of hydrogen-bond acceptors (Lipinski definition) is 6. The van der Waals surface area contributed by atoms with Crippen molar-refractivity contribution in [1.82, 2.24) is 9.36 Å². The second kappa shape index (κ2) is 5.11. The summed E-state index contributed by atoms with van der Waals surface area (Å²) in [6.07, 6.45) is 1.60. The molecular formula is C12H21N3O2S. The first kappa shape index (κ1) is 13.7. The molecule has 0 bridgehead atoms. The van der Waals surface area contributed by atoms with Crippen LogP contribution in [0.4, 0.5) is 5.13 Å². The van der Waals surface area contributed by atoms with Gasteiger partial charge in [-0.15, -0.1) is 0 Å². The maximum absolute atomic E-state index is 9.61. The van der Waals surface area contributed by atoms with E-state index >= 15 is 0 Å². The van der Waals surface area contributed by atoms with Crippen molar-refractivity contribution in [2.45, 2.75) is 44.6 Å². The number of aliphatic hydroxyl groups is 1. The third kappa shape index (κ3) is 2.99. The fraction of sp³-hybridized carbons (Fsp3) is 0.833. The van der Waals surface area contributed by atoms with Crippen LogP contribution < -0.4 is 5.32 Å². The molecule has 0 saturated carbocycles. The van der Waals surface area contributed by atoms with E-state index in [2.05, 4.69) is 35.4 Å². The average Bonchev–Trinajstić information content (AvgIpc) is 2.78. The molecule has 18 heavy (non-hydrogen) atoms. The van der Waals surface area contributed by atoms with Crippen LogP contribution in [0.15, 0.2) is 0 Å². The molecule has 2 N–H and O–H groups in total. The molecule has 0 unspecified atom stereocenters. The molecule has 1 aliphatic rings. The fourth-order valence-electron chi connectivity index (χ4n) is 1.89. The lowest BCUT2D eigenvalue weighted by atomic mass is 9.91. The van der Waals surface area contributed by atoms with Gasteiger partial charge in [-0.1, -0.05) is 20.8 Å². The van der Waals surface area contributed by atoms with Crippen molar-refractivity contribution in [3.8, 4) is 0 Å². The number of rotatable bonds is 3. The first-order chi connectivity index (χ1) is 8.45. The molecule has 0 amide bonds.